The molecule has 8 heavy (non-hydrogen) atoms. The molecule has 2 atom stereocenters. The summed E-state index contributed by atoms with van der Waals surface area (Å²) in [5.41, 5.74) is 0. The summed E-state index contributed by atoms with van der Waals surface area (Å²) in [7, 11) is 0. The zero-order chi connectivity index (χ0) is 6.57. The van der Waals surface area contributed by atoms with E-state index < -0.39 is 12.2 Å². The van der Waals surface area contributed by atoms with Gasteiger partial charge in [0.2, 0.25) is 0 Å². The van der Waals surface area contributed by atoms with Gasteiger partial charge in [-0.1, -0.05) is 6.08 Å². The Kier molecular flexibility index (Phi) is 3.43. The van der Waals surface area contributed by atoms with Gasteiger partial charge < -0.3 is 5.11 Å². The average molecular weight is 118 g/mol. The molecular formula is C5H10O3. The second kappa shape index (κ2) is 3.60. The first-order valence-corrected chi connectivity index (χ1v) is 2.33. The topological polar surface area (TPSA) is 49.7 Å². The van der Waals surface area contributed by atoms with Gasteiger partial charge >= 0.3 is 0 Å². The Hall–Kier alpha value is -0.380. The molecule has 48 valence electrons. The summed E-state index contributed by atoms with van der Waals surface area (Å²) in [5.74, 6) is 0. The first kappa shape index (κ1) is 7.62. The maximum absolute atomic E-state index is 8.66. The number of hydrogen-bond acceptors (Lipinski definition) is 3. The molecule has 0 aliphatic heterocycles. The molecule has 0 aromatic carbocycles. The lowest BCUT2D eigenvalue weighted by atomic mass is 10.2. The van der Waals surface area contributed by atoms with Gasteiger partial charge in [0.25, 0.3) is 0 Å². The maximum atomic E-state index is 8.66. The van der Waals surface area contributed by atoms with Crippen molar-refractivity contribution in [3.63, 3.8) is 0 Å². The number of hydrogen-bond donors (Lipinski definition) is 2. The van der Waals surface area contributed by atoms with Crippen LogP contribution in [-0.2, 0) is 4.89 Å². The normalized spacial score (nSPS) is 17.4. The predicted octanol–water partition coefficient (Wildman–Crippen LogP) is 0.411. The van der Waals surface area contributed by atoms with Crippen molar-refractivity contribution < 1.29 is 15.3 Å². The predicted molar refractivity (Wildman–Crippen MR) is 29.4 cm³/mol. The molecule has 0 spiro atoms. The second-order valence-electron chi connectivity index (χ2n) is 1.55. The molecule has 0 bridgehead atoms. The number of aliphatic hydroxyl groups is 1. The van der Waals surface area contributed by atoms with E-state index in [1.807, 2.05) is 0 Å². The van der Waals surface area contributed by atoms with Crippen molar-refractivity contribution in [2.24, 2.45) is 0 Å². The van der Waals surface area contributed by atoms with E-state index in [1.165, 1.54) is 13.0 Å². The van der Waals surface area contributed by atoms with E-state index in [0.717, 1.165) is 0 Å². The van der Waals surface area contributed by atoms with Crippen LogP contribution in [0.5, 0.6) is 0 Å². The van der Waals surface area contributed by atoms with E-state index in [4.69, 9.17) is 10.4 Å². The lowest BCUT2D eigenvalue weighted by Gasteiger charge is -2.09. The molecule has 0 saturated carbocycles. The van der Waals surface area contributed by atoms with Crippen LogP contribution in [0.25, 0.3) is 0 Å². The summed E-state index contributed by atoms with van der Waals surface area (Å²) < 4.78 is 0. The Morgan fingerprint density at radius 2 is 2.25 bits per heavy atom. The van der Waals surface area contributed by atoms with E-state index in [0.29, 0.717) is 0 Å². The van der Waals surface area contributed by atoms with Crippen molar-refractivity contribution in [2.75, 3.05) is 0 Å². The van der Waals surface area contributed by atoms with Gasteiger partial charge in [-0.3, -0.25) is 5.26 Å². The van der Waals surface area contributed by atoms with Crippen LogP contribution in [0.15, 0.2) is 12.7 Å². The van der Waals surface area contributed by atoms with Crippen molar-refractivity contribution >= 4 is 0 Å². The molecule has 0 fully saturated rings. The fourth-order valence-corrected chi connectivity index (χ4v) is 0.328. The van der Waals surface area contributed by atoms with Crippen LogP contribution in [0.4, 0.5) is 0 Å². The van der Waals surface area contributed by atoms with Gasteiger partial charge in [-0.15, -0.1) is 6.58 Å². The quantitative estimate of drug-likeness (QED) is 0.320. The molecule has 0 aromatic heterocycles. The highest BCUT2D eigenvalue weighted by Crippen LogP contribution is 1.96. The third kappa shape index (κ3) is 2.07. The highest BCUT2D eigenvalue weighted by molar-refractivity contribution is 4.82. The van der Waals surface area contributed by atoms with Gasteiger partial charge in [-0.05, 0) is 6.92 Å². The summed E-state index contributed by atoms with van der Waals surface area (Å²) in [6, 6.07) is 0. The summed E-state index contributed by atoms with van der Waals surface area (Å²) in [4.78, 5) is 3.79. The van der Waals surface area contributed by atoms with Crippen LogP contribution in [0.3, 0.4) is 0 Å². The summed E-state index contributed by atoms with van der Waals surface area (Å²) >= 11 is 0. The standard InChI is InChI=1S/C5H10O3/c1-3-5(8-7)4(2)6/h3-7H,1H2,2H3/t4-,5+/m0/s1. The molecule has 0 saturated heterocycles. The van der Waals surface area contributed by atoms with Gasteiger partial charge in [-0.2, -0.15) is 0 Å². The van der Waals surface area contributed by atoms with Crippen LogP contribution in [-0.4, -0.2) is 22.6 Å². The van der Waals surface area contributed by atoms with E-state index in [1.54, 1.807) is 0 Å². The largest absolute Gasteiger partial charge is 0.390 e. The zero-order valence-corrected chi connectivity index (χ0v) is 4.74. The fraction of sp³-hybridized carbons (Fsp3) is 0.600. The van der Waals surface area contributed by atoms with Crippen LogP contribution >= 0.6 is 0 Å². The van der Waals surface area contributed by atoms with Crippen molar-refractivity contribution in [1.29, 1.82) is 0 Å². The molecule has 0 heterocycles. The zero-order valence-electron chi connectivity index (χ0n) is 4.74. The Balaban J connectivity index is 3.51. The highest BCUT2D eigenvalue weighted by Gasteiger charge is 2.09. The molecule has 3 nitrogen and oxygen atoms in total. The smallest absolute Gasteiger partial charge is 0.136 e. The van der Waals surface area contributed by atoms with Gasteiger partial charge in [0.1, 0.15) is 6.10 Å². The van der Waals surface area contributed by atoms with Crippen LogP contribution in [0, 0.1) is 0 Å². The molecule has 0 aromatic rings. The van der Waals surface area contributed by atoms with Crippen LogP contribution < -0.4 is 0 Å². The lowest BCUT2D eigenvalue weighted by molar-refractivity contribution is -0.281. The molecule has 0 aliphatic rings. The molecule has 2 N–H and O–H groups in total. The molecule has 0 unspecified atom stereocenters. The van der Waals surface area contributed by atoms with Gasteiger partial charge in [0.15, 0.2) is 0 Å². The monoisotopic (exact) mass is 118 g/mol. The van der Waals surface area contributed by atoms with E-state index in [-0.39, 0.29) is 0 Å². The van der Waals surface area contributed by atoms with E-state index in [2.05, 4.69) is 11.5 Å². The van der Waals surface area contributed by atoms with Gasteiger partial charge in [0.05, 0.1) is 6.10 Å². The van der Waals surface area contributed by atoms with Gasteiger partial charge in [0, 0.05) is 0 Å². The van der Waals surface area contributed by atoms with Crippen LogP contribution in [0.2, 0.25) is 0 Å². The first-order chi connectivity index (χ1) is 3.72. The molecule has 0 aliphatic carbocycles. The SMILES string of the molecule is C=C[C@@H](OO)[C@H](C)O. The highest BCUT2D eigenvalue weighted by atomic mass is 17.1. The molecule has 0 rings (SSSR count). The summed E-state index contributed by atoms with van der Waals surface area (Å²) in [6.07, 6.45) is -0.0579. The Morgan fingerprint density at radius 1 is 1.75 bits per heavy atom. The summed E-state index contributed by atoms with van der Waals surface area (Å²) in [5, 5.41) is 16.6. The third-order valence-corrected chi connectivity index (χ3v) is 0.829. The minimum Gasteiger partial charge on any atom is -0.390 e. The van der Waals surface area contributed by atoms with E-state index in [9.17, 15) is 0 Å². The summed E-state index contributed by atoms with van der Waals surface area (Å²) in [6.45, 7) is 4.81. The third-order valence-electron chi connectivity index (χ3n) is 0.829. The average Bonchev–Trinajstić information content (AvgIpc) is 1.69. The second-order valence-corrected chi connectivity index (χ2v) is 1.55. The number of rotatable bonds is 3. The molecule has 3 heteroatoms. The molecule has 0 amide bonds. The van der Waals surface area contributed by atoms with Crippen molar-refractivity contribution in [2.45, 2.75) is 19.1 Å². The Morgan fingerprint density at radius 3 is 2.25 bits per heavy atom. The number of aliphatic hydroxyl groups excluding tert-OH is 1. The minimum absolute atomic E-state index is 0.671. The Labute approximate surface area is 48.1 Å². The molecular weight excluding hydrogens is 108 g/mol. The van der Waals surface area contributed by atoms with E-state index >= 15 is 0 Å². The van der Waals surface area contributed by atoms with Crippen molar-refractivity contribution in [3.05, 3.63) is 12.7 Å². The van der Waals surface area contributed by atoms with Crippen molar-refractivity contribution in [3.8, 4) is 0 Å². The maximum Gasteiger partial charge on any atom is 0.136 e. The van der Waals surface area contributed by atoms with Crippen molar-refractivity contribution in [1.82, 2.24) is 0 Å². The fourth-order valence-electron chi connectivity index (χ4n) is 0.328. The minimum atomic E-state index is -0.711. The first-order valence-electron chi connectivity index (χ1n) is 2.33. The van der Waals surface area contributed by atoms with Gasteiger partial charge in [-0.25, -0.2) is 4.89 Å². The van der Waals surface area contributed by atoms with Crippen LogP contribution in [0.1, 0.15) is 6.92 Å². The Bertz CT molecular complexity index is 70.1. The molecule has 0 radical (unpaired) electrons. The lowest BCUT2D eigenvalue weighted by Crippen LogP contribution is -2.22.